The molecule has 4 nitrogen and oxygen atoms in total. The van der Waals surface area contributed by atoms with Crippen molar-refractivity contribution in [2.75, 3.05) is 5.73 Å². The van der Waals surface area contributed by atoms with Gasteiger partial charge in [0.2, 0.25) is 5.88 Å². The van der Waals surface area contributed by atoms with Crippen molar-refractivity contribution < 1.29 is 4.74 Å². The molecule has 0 unspecified atom stereocenters. The van der Waals surface area contributed by atoms with Crippen molar-refractivity contribution in [1.29, 1.82) is 5.26 Å². The first-order valence-electron chi connectivity index (χ1n) is 6.32. The predicted molar refractivity (Wildman–Crippen MR) is 79.7 cm³/mol. The normalized spacial score (nSPS) is 10.1. The van der Waals surface area contributed by atoms with E-state index >= 15 is 0 Å². The fraction of sp³-hybridized carbons (Fsp3) is 0.188. The first-order chi connectivity index (χ1) is 9.56. The Hall–Kier alpha value is -2.67. The molecule has 0 saturated carbocycles. The average Bonchev–Trinajstić information content (AvgIpc) is 2.71. The van der Waals surface area contributed by atoms with Gasteiger partial charge in [0, 0.05) is 12.6 Å². The van der Waals surface area contributed by atoms with E-state index in [2.05, 4.69) is 12.6 Å². The van der Waals surface area contributed by atoms with Crippen molar-refractivity contribution in [2.24, 2.45) is 0 Å². The maximum atomic E-state index is 9.13. The molecule has 0 radical (unpaired) electrons. The molecule has 20 heavy (non-hydrogen) atoms. The van der Waals surface area contributed by atoms with Gasteiger partial charge in [0.15, 0.2) is 0 Å². The summed E-state index contributed by atoms with van der Waals surface area (Å²) in [6.07, 6.45) is 1.70. The van der Waals surface area contributed by atoms with Crippen LogP contribution in [-0.4, -0.2) is 4.57 Å². The Kier molecular flexibility index (Phi) is 3.81. The molecule has 0 aliphatic carbocycles. The van der Waals surface area contributed by atoms with Gasteiger partial charge < -0.3 is 10.5 Å². The van der Waals surface area contributed by atoms with Crippen molar-refractivity contribution in [3.05, 3.63) is 53.7 Å². The van der Waals surface area contributed by atoms with Crippen molar-refractivity contribution in [3.8, 4) is 17.7 Å². The minimum atomic E-state index is 0.448. The fourth-order valence-electron chi connectivity index (χ4n) is 1.99. The first-order valence-corrected chi connectivity index (χ1v) is 6.32. The lowest BCUT2D eigenvalue weighted by atomic mass is 10.1. The monoisotopic (exact) mass is 267 g/mol. The van der Waals surface area contributed by atoms with E-state index in [4.69, 9.17) is 15.7 Å². The van der Waals surface area contributed by atoms with Crippen LogP contribution in [0.25, 0.3) is 0 Å². The van der Waals surface area contributed by atoms with E-state index in [1.807, 2.05) is 32.0 Å². The third kappa shape index (κ3) is 2.52. The third-order valence-corrected chi connectivity index (χ3v) is 3.05. The molecule has 0 aliphatic rings. The molecule has 0 amide bonds. The van der Waals surface area contributed by atoms with E-state index < -0.39 is 0 Å². The molecule has 1 heterocycles. The van der Waals surface area contributed by atoms with Crippen LogP contribution < -0.4 is 10.5 Å². The summed E-state index contributed by atoms with van der Waals surface area (Å²) in [5.41, 5.74) is 8.98. The molecule has 0 spiro atoms. The second kappa shape index (κ2) is 5.54. The zero-order valence-electron chi connectivity index (χ0n) is 11.7. The van der Waals surface area contributed by atoms with Gasteiger partial charge in [-0.15, -0.1) is 6.58 Å². The number of nitriles is 1. The van der Waals surface area contributed by atoms with E-state index in [0.717, 1.165) is 16.9 Å². The Balaban J connectivity index is 2.48. The summed E-state index contributed by atoms with van der Waals surface area (Å²) in [7, 11) is 0. The molecule has 0 bridgehead atoms. The van der Waals surface area contributed by atoms with Gasteiger partial charge in [0.05, 0.1) is 5.69 Å². The van der Waals surface area contributed by atoms with Crippen LogP contribution in [0, 0.1) is 25.2 Å². The Bertz CT molecular complexity index is 692. The van der Waals surface area contributed by atoms with Crippen molar-refractivity contribution in [3.63, 3.8) is 0 Å². The number of aryl methyl sites for hydroxylation is 2. The predicted octanol–water partition coefficient (Wildman–Crippen LogP) is 3.54. The maximum Gasteiger partial charge on any atom is 0.224 e. The van der Waals surface area contributed by atoms with Gasteiger partial charge in [-0.05, 0) is 31.0 Å². The lowest BCUT2D eigenvalue weighted by Gasteiger charge is -2.13. The Morgan fingerprint density at radius 3 is 2.80 bits per heavy atom. The van der Waals surface area contributed by atoms with Gasteiger partial charge in [-0.3, -0.25) is 4.57 Å². The van der Waals surface area contributed by atoms with Crippen molar-refractivity contribution in [1.82, 2.24) is 4.57 Å². The van der Waals surface area contributed by atoms with Gasteiger partial charge in [0.25, 0.3) is 0 Å². The molecule has 2 rings (SSSR count). The van der Waals surface area contributed by atoms with Crippen LogP contribution in [0.2, 0.25) is 0 Å². The molecular weight excluding hydrogens is 250 g/mol. The third-order valence-electron chi connectivity index (χ3n) is 3.05. The van der Waals surface area contributed by atoms with Gasteiger partial charge >= 0.3 is 0 Å². The van der Waals surface area contributed by atoms with Crippen LogP contribution in [0.3, 0.4) is 0 Å². The number of aromatic nitrogens is 1. The first kappa shape index (κ1) is 13.8. The highest BCUT2D eigenvalue weighted by Crippen LogP contribution is 2.33. The Labute approximate surface area is 118 Å². The minimum absolute atomic E-state index is 0.448. The van der Waals surface area contributed by atoms with E-state index in [1.165, 1.54) is 0 Å². The number of anilines is 1. The minimum Gasteiger partial charge on any atom is -0.438 e. The van der Waals surface area contributed by atoms with Gasteiger partial charge in [-0.2, -0.15) is 5.26 Å². The zero-order chi connectivity index (χ0) is 14.7. The number of nitrogens with zero attached hydrogens (tertiary/aromatic N) is 2. The van der Waals surface area contributed by atoms with Gasteiger partial charge in [-0.1, -0.05) is 18.2 Å². The van der Waals surface area contributed by atoms with Crippen LogP contribution in [0.5, 0.6) is 11.6 Å². The van der Waals surface area contributed by atoms with Crippen LogP contribution >= 0.6 is 0 Å². The van der Waals surface area contributed by atoms with Crippen molar-refractivity contribution in [2.45, 2.75) is 20.4 Å². The summed E-state index contributed by atoms with van der Waals surface area (Å²) >= 11 is 0. The van der Waals surface area contributed by atoms with E-state index in [-0.39, 0.29) is 0 Å². The lowest BCUT2D eigenvalue weighted by Crippen LogP contribution is -2.02. The van der Waals surface area contributed by atoms with E-state index in [0.29, 0.717) is 23.8 Å². The molecule has 2 N–H and O–H groups in total. The summed E-state index contributed by atoms with van der Waals surface area (Å²) in [5.74, 6) is 1.22. The average molecular weight is 267 g/mol. The molecule has 0 fully saturated rings. The second-order valence-electron chi connectivity index (χ2n) is 4.67. The Morgan fingerprint density at radius 2 is 2.15 bits per heavy atom. The number of rotatable bonds is 4. The lowest BCUT2D eigenvalue weighted by molar-refractivity contribution is 0.435. The number of allylic oxidation sites excluding steroid dienone is 1. The molecule has 0 atom stereocenters. The number of hydrogen-bond donors (Lipinski definition) is 1. The standard InChI is InChI=1S/C16H17N3O/c1-4-7-19-13(10-17)9-14(18)16(19)20-15-8-11(2)5-6-12(15)3/h4-6,8-9H,1,7,18H2,2-3H3. The summed E-state index contributed by atoms with van der Waals surface area (Å²) in [6.45, 7) is 8.13. The van der Waals surface area contributed by atoms with E-state index in [1.54, 1.807) is 16.7 Å². The molecule has 0 saturated heterocycles. The molecule has 1 aromatic heterocycles. The van der Waals surface area contributed by atoms with E-state index in [9.17, 15) is 0 Å². The molecular formula is C16H17N3O. The second-order valence-corrected chi connectivity index (χ2v) is 4.67. The molecule has 4 heteroatoms. The summed E-state index contributed by atoms with van der Waals surface area (Å²) in [5, 5.41) is 9.13. The van der Waals surface area contributed by atoms with Gasteiger partial charge in [-0.25, -0.2) is 0 Å². The summed E-state index contributed by atoms with van der Waals surface area (Å²) in [6, 6.07) is 9.69. The number of hydrogen-bond acceptors (Lipinski definition) is 3. The molecule has 2 aromatic rings. The number of benzene rings is 1. The number of ether oxygens (including phenoxy) is 1. The SMILES string of the molecule is C=CCn1c(C#N)cc(N)c1Oc1cc(C)ccc1C. The highest BCUT2D eigenvalue weighted by molar-refractivity contribution is 5.57. The molecule has 102 valence electrons. The van der Waals surface area contributed by atoms with Crippen LogP contribution in [0.4, 0.5) is 5.69 Å². The molecule has 0 aliphatic heterocycles. The highest BCUT2D eigenvalue weighted by atomic mass is 16.5. The highest BCUT2D eigenvalue weighted by Gasteiger charge is 2.15. The summed E-state index contributed by atoms with van der Waals surface area (Å²) < 4.78 is 7.64. The van der Waals surface area contributed by atoms with Crippen LogP contribution in [0.15, 0.2) is 36.9 Å². The van der Waals surface area contributed by atoms with Gasteiger partial charge in [0.1, 0.15) is 17.5 Å². The van der Waals surface area contributed by atoms with Crippen molar-refractivity contribution >= 4 is 5.69 Å². The molecule has 1 aromatic carbocycles. The quantitative estimate of drug-likeness (QED) is 0.862. The smallest absolute Gasteiger partial charge is 0.224 e. The largest absolute Gasteiger partial charge is 0.438 e. The topological polar surface area (TPSA) is 64.0 Å². The number of nitrogen functional groups attached to an aromatic ring is 1. The fourth-order valence-corrected chi connectivity index (χ4v) is 1.99. The zero-order valence-corrected chi connectivity index (χ0v) is 11.7. The van der Waals surface area contributed by atoms with Crippen LogP contribution in [-0.2, 0) is 6.54 Å². The Morgan fingerprint density at radius 1 is 1.40 bits per heavy atom. The number of nitrogens with two attached hydrogens (primary N) is 1. The van der Waals surface area contributed by atoms with Crippen LogP contribution in [0.1, 0.15) is 16.8 Å². The maximum absolute atomic E-state index is 9.13. The summed E-state index contributed by atoms with van der Waals surface area (Å²) in [4.78, 5) is 0.